The second-order valence-electron chi connectivity index (χ2n) is 6.43. The Morgan fingerprint density at radius 1 is 1.24 bits per heavy atom. The molecule has 3 N–H and O–H groups in total. The maximum atomic E-state index is 11.7. The van der Waals surface area contributed by atoms with Crippen molar-refractivity contribution in [3.63, 3.8) is 0 Å². The summed E-state index contributed by atoms with van der Waals surface area (Å²) in [5.41, 5.74) is -0.0852. The Bertz CT molecular complexity index is 339. The normalized spacial score (nSPS) is 19.0. The highest BCUT2D eigenvalue weighted by Gasteiger charge is 2.19. The lowest BCUT2D eigenvalue weighted by Crippen LogP contribution is -2.42. The van der Waals surface area contributed by atoms with Gasteiger partial charge >= 0.3 is 12.0 Å². The highest BCUT2D eigenvalue weighted by Crippen LogP contribution is 2.25. The van der Waals surface area contributed by atoms with E-state index in [1.165, 1.54) is 0 Å². The number of hydrogen-bond acceptors (Lipinski definition) is 3. The molecular formula is C15H28N2O4. The van der Waals surface area contributed by atoms with E-state index in [1.54, 1.807) is 0 Å². The van der Waals surface area contributed by atoms with Crippen molar-refractivity contribution in [1.82, 2.24) is 10.6 Å². The lowest BCUT2D eigenvalue weighted by Gasteiger charge is -2.24. The molecule has 0 aliphatic carbocycles. The topological polar surface area (TPSA) is 87.7 Å². The maximum absolute atomic E-state index is 11.7. The number of nitrogens with one attached hydrogen (secondary N) is 2. The van der Waals surface area contributed by atoms with E-state index in [-0.39, 0.29) is 24.0 Å². The highest BCUT2D eigenvalue weighted by atomic mass is 16.5. The summed E-state index contributed by atoms with van der Waals surface area (Å²) in [4.78, 5) is 22.2. The van der Waals surface area contributed by atoms with Crippen LogP contribution in [0.25, 0.3) is 0 Å². The first-order chi connectivity index (χ1) is 9.89. The third-order valence-corrected chi connectivity index (χ3v) is 3.87. The van der Waals surface area contributed by atoms with E-state index in [0.717, 1.165) is 32.3 Å². The standard InChI is InChI=1S/C15H28N2O4/c1-15(2,7-6-13(18)19)8-9-16-14(20)17-11-12-5-3-4-10-21-12/h12H,3-11H2,1-2H3,(H,18,19)(H2,16,17,20). The number of carbonyl (C=O) groups is 2. The Morgan fingerprint density at radius 3 is 2.62 bits per heavy atom. The van der Waals surface area contributed by atoms with Gasteiger partial charge in [-0.05, 0) is 37.5 Å². The first kappa shape index (κ1) is 17.8. The molecule has 1 heterocycles. The molecule has 0 aromatic rings. The summed E-state index contributed by atoms with van der Waals surface area (Å²) >= 11 is 0. The molecule has 1 atom stereocenters. The fourth-order valence-corrected chi connectivity index (χ4v) is 2.32. The van der Waals surface area contributed by atoms with Crippen LogP contribution in [0.1, 0.15) is 52.4 Å². The van der Waals surface area contributed by atoms with Crippen LogP contribution in [0.3, 0.4) is 0 Å². The van der Waals surface area contributed by atoms with E-state index in [2.05, 4.69) is 10.6 Å². The van der Waals surface area contributed by atoms with Gasteiger partial charge in [0.05, 0.1) is 6.10 Å². The smallest absolute Gasteiger partial charge is 0.314 e. The van der Waals surface area contributed by atoms with Crippen LogP contribution in [0.4, 0.5) is 4.79 Å². The van der Waals surface area contributed by atoms with Crippen LogP contribution >= 0.6 is 0 Å². The number of carboxylic acid groups (broad SMARTS) is 1. The van der Waals surface area contributed by atoms with Crippen LogP contribution in [-0.2, 0) is 9.53 Å². The minimum absolute atomic E-state index is 0.0852. The number of hydrogen-bond donors (Lipinski definition) is 3. The molecule has 1 aliphatic heterocycles. The zero-order valence-electron chi connectivity index (χ0n) is 13.1. The second kappa shape index (κ2) is 8.87. The van der Waals surface area contributed by atoms with Gasteiger partial charge in [-0.2, -0.15) is 0 Å². The molecule has 0 bridgehead atoms. The molecule has 0 saturated carbocycles. The van der Waals surface area contributed by atoms with Crippen LogP contribution < -0.4 is 10.6 Å². The largest absolute Gasteiger partial charge is 0.481 e. The van der Waals surface area contributed by atoms with E-state index in [9.17, 15) is 9.59 Å². The van der Waals surface area contributed by atoms with Crippen molar-refractivity contribution >= 4 is 12.0 Å². The molecule has 6 nitrogen and oxygen atoms in total. The molecule has 6 heteroatoms. The molecule has 0 aromatic heterocycles. The summed E-state index contributed by atoms with van der Waals surface area (Å²) in [6.45, 7) is 5.92. The molecule has 0 aromatic carbocycles. The number of rotatable bonds is 8. The molecule has 0 spiro atoms. The molecule has 2 amide bonds. The first-order valence-electron chi connectivity index (χ1n) is 7.74. The van der Waals surface area contributed by atoms with E-state index < -0.39 is 5.97 Å². The van der Waals surface area contributed by atoms with Gasteiger partial charge in [0.1, 0.15) is 0 Å². The second-order valence-corrected chi connectivity index (χ2v) is 6.43. The number of carbonyl (C=O) groups excluding carboxylic acids is 1. The van der Waals surface area contributed by atoms with E-state index in [1.807, 2.05) is 13.8 Å². The van der Waals surface area contributed by atoms with Gasteiger partial charge < -0.3 is 20.5 Å². The van der Waals surface area contributed by atoms with Gasteiger partial charge in [0, 0.05) is 26.1 Å². The molecule has 1 saturated heterocycles. The van der Waals surface area contributed by atoms with Crippen molar-refractivity contribution in [2.45, 2.75) is 58.5 Å². The van der Waals surface area contributed by atoms with Crippen LogP contribution in [0.15, 0.2) is 0 Å². The van der Waals surface area contributed by atoms with E-state index >= 15 is 0 Å². The average Bonchev–Trinajstić information content (AvgIpc) is 2.44. The van der Waals surface area contributed by atoms with Gasteiger partial charge in [0.15, 0.2) is 0 Å². The number of carboxylic acids is 1. The monoisotopic (exact) mass is 300 g/mol. The zero-order valence-corrected chi connectivity index (χ0v) is 13.1. The van der Waals surface area contributed by atoms with Gasteiger partial charge in [-0.15, -0.1) is 0 Å². The van der Waals surface area contributed by atoms with Crippen molar-refractivity contribution < 1.29 is 19.4 Å². The minimum atomic E-state index is -0.777. The van der Waals surface area contributed by atoms with Crippen molar-refractivity contribution in [3.8, 4) is 0 Å². The lowest BCUT2D eigenvalue weighted by molar-refractivity contribution is -0.137. The highest BCUT2D eigenvalue weighted by molar-refractivity contribution is 5.73. The Balaban J connectivity index is 2.10. The summed E-state index contributed by atoms with van der Waals surface area (Å²) in [6, 6.07) is -0.182. The van der Waals surface area contributed by atoms with Crippen LogP contribution in [0, 0.1) is 5.41 Å². The van der Waals surface area contributed by atoms with Gasteiger partial charge in [0.2, 0.25) is 0 Å². The predicted molar refractivity (Wildman–Crippen MR) is 80.3 cm³/mol. The third kappa shape index (κ3) is 8.55. The van der Waals surface area contributed by atoms with Gasteiger partial charge in [0.25, 0.3) is 0 Å². The number of amides is 2. The molecule has 122 valence electrons. The molecule has 1 aliphatic rings. The molecular weight excluding hydrogens is 272 g/mol. The van der Waals surface area contributed by atoms with Crippen LogP contribution in [0.5, 0.6) is 0 Å². The zero-order chi connectivity index (χ0) is 15.7. The fraction of sp³-hybridized carbons (Fsp3) is 0.867. The minimum Gasteiger partial charge on any atom is -0.481 e. The Kier molecular flexibility index (Phi) is 7.50. The lowest BCUT2D eigenvalue weighted by atomic mass is 9.84. The summed E-state index contributed by atoms with van der Waals surface area (Å²) in [5, 5.41) is 14.3. The maximum Gasteiger partial charge on any atom is 0.314 e. The Hall–Kier alpha value is -1.30. The summed E-state index contributed by atoms with van der Waals surface area (Å²) in [7, 11) is 0. The summed E-state index contributed by atoms with van der Waals surface area (Å²) in [6.07, 6.45) is 4.94. The van der Waals surface area contributed by atoms with Crippen molar-refractivity contribution in [3.05, 3.63) is 0 Å². The average molecular weight is 300 g/mol. The molecule has 1 rings (SSSR count). The van der Waals surface area contributed by atoms with E-state index in [4.69, 9.17) is 9.84 Å². The van der Waals surface area contributed by atoms with Crippen LogP contribution in [-0.4, -0.2) is 42.9 Å². The SMILES string of the molecule is CC(C)(CCNC(=O)NCC1CCCCO1)CCC(=O)O. The Morgan fingerprint density at radius 2 is 2.00 bits per heavy atom. The molecule has 1 unspecified atom stereocenters. The Labute approximate surface area is 126 Å². The number of ether oxygens (including phenoxy) is 1. The molecule has 21 heavy (non-hydrogen) atoms. The fourth-order valence-electron chi connectivity index (χ4n) is 2.32. The van der Waals surface area contributed by atoms with Crippen molar-refractivity contribution in [1.29, 1.82) is 0 Å². The van der Waals surface area contributed by atoms with E-state index in [0.29, 0.717) is 19.5 Å². The van der Waals surface area contributed by atoms with Crippen molar-refractivity contribution in [2.75, 3.05) is 19.7 Å². The molecule has 0 radical (unpaired) electrons. The summed E-state index contributed by atoms with van der Waals surface area (Å²) < 4.78 is 5.54. The third-order valence-electron chi connectivity index (χ3n) is 3.87. The quantitative estimate of drug-likeness (QED) is 0.641. The number of aliphatic carboxylic acids is 1. The van der Waals surface area contributed by atoms with Gasteiger partial charge in [-0.1, -0.05) is 13.8 Å². The number of urea groups is 1. The van der Waals surface area contributed by atoms with Gasteiger partial charge in [-0.25, -0.2) is 4.79 Å². The first-order valence-corrected chi connectivity index (χ1v) is 7.74. The molecule has 1 fully saturated rings. The van der Waals surface area contributed by atoms with Crippen molar-refractivity contribution in [2.24, 2.45) is 5.41 Å². The van der Waals surface area contributed by atoms with Gasteiger partial charge in [-0.3, -0.25) is 4.79 Å². The van der Waals surface area contributed by atoms with Crippen LogP contribution in [0.2, 0.25) is 0 Å². The summed E-state index contributed by atoms with van der Waals surface area (Å²) in [5.74, 6) is -0.777. The predicted octanol–water partition coefficient (Wildman–Crippen LogP) is 2.14.